The van der Waals surface area contributed by atoms with Gasteiger partial charge >= 0.3 is 0 Å². The molecule has 1 aliphatic heterocycles. The molecule has 1 atom stereocenters. The van der Waals surface area contributed by atoms with Crippen LogP contribution in [-0.2, 0) is 12.8 Å². The summed E-state index contributed by atoms with van der Waals surface area (Å²) in [7, 11) is 0. The smallest absolute Gasteiger partial charge is 0.261 e. The van der Waals surface area contributed by atoms with E-state index in [4.69, 9.17) is 0 Å². The molecule has 3 heterocycles. The van der Waals surface area contributed by atoms with Crippen molar-refractivity contribution in [3.8, 4) is 0 Å². The number of anilines is 1. The van der Waals surface area contributed by atoms with Gasteiger partial charge in [0.2, 0.25) is 0 Å². The minimum Gasteiger partial charge on any atom is -0.354 e. The third-order valence-corrected chi connectivity index (χ3v) is 5.76. The monoisotopic (exact) mass is 328 g/mol. The predicted octanol–water partition coefficient (Wildman–Crippen LogP) is 2.34. The topological polar surface area (TPSA) is 58.1 Å². The minimum atomic E-state index is 0.0530. The molecule has 0 bridgehead atoms. The van der Waals surface area contributed by atoms with Crippen molar-refractivity contribution in [1.29, 1.82) is 0 Å². The van der Waals surface area contributed by atoms with Crippen LogP contribution in [0.2, 0.25) is 0 Å². The average Bonchev–Trinajstić information content (AvgIpc) is 3.26. The first-order chi connectivity index (χ1) is 11.2. The zero-order valence-corrected chi connectivity index (χ0v) is 14.0. The number of carbonyl (C=O) groups excluding carboxylic acids is 1. The summed E-state index contributed by atoms with van der Waals surface area (Å²) in [5.41, 5.74) is 3.57. The fourth-order valence-corrected chi connectivity index (χ4v) is 4.37. The van der Waals surface area contributed by atoms with Gasteiger partial charge in [-0.15, -0.1) is 11.3 Å². The quantitative estimate of drug-likeness (QED) is 0.939. The highest BCUT2D eigenvalue weighted by molar-refractivity contribution is 7.12. The summed E-state index contributed by atoms with van der Waals surface area (Å²) in [6, 6.07) is 2.18. The molecule has 2 aromatic heterocycles. The summed E-state index contributed by atoms with van der Waals surface area (Å²) in [6.45, 7) is 3.76. The molecule has 1 saturated heterocycles. The number of nitrogens with one attached hydrogen (secondary N) is 1. The van der Waals surface area contributed by atoms with Crippen LogP contribution in [0.15, 0.2) is 17.8 Å². The number of amides is 1. The van der Waals surface area contributed by atoms with Crippen molar-refractivity contribution in [2.24, 2.45) is 0 Å². The van der Waals surface area contributed by atoms with Crippen molar-refractivity contribution < 1.29 is 4.79 Å². The van der Waals surface area contributed by atoms with Crippen LogP contribution in [0.25, 0.3) is 0 Å². The van der Waals surface area contributed by atoms with E-state index in [1.54, 1.807) is 6.33 Å². The van der Waals surface area contributed by atoms with Gasteiger partial charge in [0.1, 0.15) is 12.1 Å². The van der Waals surface area contributed by atoms with E-state index in [0.29, 0.717) is 0 Å². The Bertz CT molecular complexity index is 742. The first kappa shape index (κ1) is 14.6. The second-order valence-electron chi connectivity index (χ2n) is 6.31. The molecule has 0 saturated carbocycles. The molecule has 1 N–H and O–H groups in total. The number of carbonyl (C=O) groups is 1. The largest absolute Gasteiger partial charge is 0.354 e. The Balaban J connectivity index is 1.45. The van der Waals surface area contributed by atoms with Crippen LogP contribution in [0.4, 0.5) is 5.82 Å². The zero-order chi connectivity index (χ0) is 15.8. The summed E-state index contributed by atoms with van der Waals surface area (Å²) in [4.78, 5) is 24.4. The van der Waals surface area contributed by atoms with E-state index in [1.807, 2.05) is 18.4 Å². The van der Waals surface area contributed by atoms with Crippen LogP contribution in [0.3, 0.4) is 0 Å². The molecule has 23 heavy (non-hydrogen) atoms. The van der Waals surface area contributed by atoms with Crippen LogP contribution in [0, 0.1) is 6.92 Å². The zero-order valence-electron chi connectivity index (χ0n) is 13.2. The molecule has 6 heteroatoms. The van der Waals surface area contributed by atoms with Crippen molar-refractivity contribution in [2.45, 2.75) is 38.6 Å². The fraction of sp³-hybridized carbons (Fsp3) is 0.471. The third-order valence-electron chi connectivity index (χ3n) is 4.74. The van der Waals surface area contributed by atoms with Crippen molar-refractivity contribution in [3.05, 3.63) is 39.5 Å². The van der Waals surface area contributed by atoms with E-state index < -0.39 is 0 Å². The van der Waals surface area contributed by atoms with Gasteiger partial charge in [-0.2, -0.15) is 0 Å². The third kappa shape index (κ3) is 2.72. The van der Waals surface area contributed by atoms with Gasteiger partial charge < -0.3 is 10.2 Å². The molecule has 1 aliphatic carbocycles. The number of rotatable bonds is 3. The molecule has 2 aliphatic rings. The lowest BCUT2D eigenvalue weighted by atomic mass is 10.2. The Kier molecular flexibility index (Phi) is 3.77. The molecular weight excluding hydrogens is 308 g/mol. The lowest BCUT2D eigenvalue weighted by molar-refractivity contribution is 0.0944. The van der Waals surface area contributed by atoms with Crippen LogP contribution >= 0.6 is 11.3 Å². The van der Waals surface area contributed by atoms with E-state index in [0.717, 1.165) is 48.6 Å². The van der Waals surface area contributed by atoms with Gasteiger partial charge in [0, 0.05) is 30.4 Å². The Hall–Kier alpha value is -1.95. The molecule has 0 spiro atoms. The number of fused-ring (bicyclic) bond motifs is 1. The number of aryl methyl sites for hydroxylation is 2. The standard InChI is InChI=1S/C17H20N4OS/c1-11-6-8-23-15(11)17(22)20-12-5-7-21(9-12)16-13-3-2-4-14(13)18-10-19-16/h6,8,10,12H,2-5,7,9H2,1H3,(H,20,22). The Morgan fingerprint density at radius 3 is 3.13 bits per heavy atom. The highest BCUT2D eigenvalue weighted by Crippen LogP contribution is 2.30. The van der Waals surface area contributed by atoms with E-state index in [1.165, 1.54) is 29.0 Å². The highest BCUT2D eigenvalue weighted by atomic mass is 32.1. The summed E-state index contributed by atoms with van der Waals surface area (Å²) < 4.78 is 0. The SMILES string of the molecule is Cc1ccsc1C(=O)NC1CCN(c2ncnc3c2CCC3)C1. The van der Waals surface area contributed by atoms with Gasteiger partial charge in [-0.25, -0.2) is 9.97 Å². The molecule has 5 nitrogen and oxygen atoms in total. The van der Waals surface area contributed by atoms with Gasteiger partial charge in [0.15, 0.2) is 0 Å². The van der Waals surface area contributed by atoms with Gasteiger partial charge in [-0.1, -0.05) is 0 Å². The number of aromatic nitrogens is 2. The predicted molar refractivity (Wildman–Crippen MR) is 91.2 cm³/mol. The van der Waals surface area contributed by atoms with Crippen LogP contribution in [-0.4, -0.2) is 35.0 Å². The molecule has 120 valence electrons. The molecule has 1 fully saturated rings. The lowest BCUT2D eigenvalue weighted by Gasteiger charge is -2.20. The second-order valence-corrected chi connectivity index (χ2v) is 7.23. The van der Waals surface area contributed by atoms with Gasteiger partial charge in [-0.05, 0) is 49.6 Å². The lowest BCUT2D eigenvalue weighted by Crippen LogP contribution is -2.37. The van der Waals surface area contributed by atoms with Crippen molar-refractivity contribution >= 4 is 23.1 Å². The number of nitrogens with zero attached hydrogens (tertiary/aromatic N) is 3. The van der Waals surface area contributed by atoms with Crippen LogP contribution < -0.4 is 10.2 Å². The minimum absolute atomic E-state index is 0.0530. The number of thiophene rings is 1. The molecule has 1 unspecified atom stereocenters. The van der Waals surface area contributed by atoms with Gasteiger partial charge in [-0.3, -0.25) is 4.79 Å². The summed E-state index contributed by atoms with van der Waals surface area (Å²) in [5.74, 6) is 1.13. The van der Waals surface area contributed by atoms with E-state index in [-0.39, 0.29) is 11.9 Å². The molecule has 0 radical (unpaired) electrons. The van der Waals surface area contributed by atoms with Gasteiger partial charge in [0.05, 0.1) is 4.88 Å². The Morgan fingerprint density at radius 2 is 2.30 bits per heavy atom. The second kappa shape index (κ2) is 5.92. The average molecular weight is 328 g/mol. The molecule has 4 rings (SSSR count). The van der Waals surface area contributed by atoms with Gasteiger partial charge in [0.25, 0.3) is 5.91 Å². The molecule has 0 aromatic carbocycles. The van der Waals surface area contributed by atoms with Crippen molar-refractivity contribution in [2.75, 3.05) is 18.0 Å². The van der Waals surface area contributed by atoms with E-state index in [9.17, 15) is 4.79 Å². The Morgan fingerprint density at radius 1 is 1.39 bits per heavy atom. The van der Waals surface area contributed by atoms with E-state index >= 15 is 0 Å². The van der Waals surface area contributed by atoms with Crippen molar-refractivity contribution in [1.82, 2.24) is 15.3 Å². The molecule has 2 aromatic rings. The first-order valence-electron chi connectivity index (χ1n) is 8.15. The molecular formula is C17H20N4OS. The number of hydrogen-bond acceptors (Lipinski definition) is 5. The summed E-state index contributed by atoms with van der Waals surface area (Å²) in [5, 5.41) is 5.14. The first-order valence-corrected chi connectivity index (χ1v) is 9.03. The van der Waals surface area contributed by atoms with Crippen molar-refractivity contribution in [3.63, 3.8) is 0 Å². The Labute approximate surface area is 139 Å². The summed E-state index contributed by atoms with van der Waals surface area (Å²) >= 11 is 1.51. The van der Waals surface area contributed by atoms with Crippen LogP contribution in [0.5, 0.6) is 0 Å². The van der Waals surface area contributed by atoms with Crippen LogP contribution in [0.1, 0.15) is 39.3 Å². The normalized spacial score (nSPS) is 19.9. The number of hydrogen-bond donors (Lipinski definition) is 1. The van der Waals surface area contributed by atoms with E-state index in [2.05, 4.69) is 20.2 Å². The highest BCUT2D eigenvalue weighted by Gasteiger charge is 2.29. The fourth-order valence-electron chi connectivity index (χ4n) is 3.54. The maximum absolute atomic E-state index is 12.4. The summed E-state index contributed by atoms with van der Waals surface area (Å²) in [6.07, 6.45) is 5.96. The maximum atomic E-state index is 12.4. The molecule has 1 amide bonds. The maximum Gasteiger partial charge on any atom is 0.261 e.